The van der Waals surface area contributed by atoms with E-state index in [1.165, 1.54) is 0 Å². The van der Waals surface area contributed by atoms with Gasteiger partial charge >= 0.3 is 17.9 Å². The van der Waals surface area contributed by atoms with Gasteiger partial charge in [0.15, 0.2) is 0 Å². The van der Waals surface area contributed by atoms with Crippen molar-refractivity contribution in [2.24, 2.45) is 10.8 Å². The molecule has 0 aliphatic rings. The van der Waals surface area contributed by atoms with Crippen molar-refractivity contribution in [3.05, 3.63) is 0 Å². The van der Waals surface area contributed by atoms with Gasteiger partial charge in [0.1, 0.15) is 0 Å². The second-order valence-corrected chi connectivity index (χ2v) is 11.6. The molecular weight excluding hydrogens is 576 g/mol. The molecular formula is C24H52O12S3. The van der Waals surface area contributed by atoms with Crippen molar-refractivity contribution < 1.29 is 60.3 Å². The molecule has 0 rings (SSSR count). The molecule has 0 radical (unpaired) electrons. The molecule has 0 fully saturated rings. The minimum atomic E-state index is -0.789. The van der Waals surface area contributed by atoms with Crippen LogP contribution in [0.4, 0.5) is 0 Å². The first kappa shape index (κ1) is 48.0. The van der Waals surface area contributed by atoms with Crippen LogP contribution in [-0.4, -0.2) is 119 Å². The first-order valence-corrected chi connectivity index (χ1v) is 13.8. The molecule has 0 aliphatic carbocycles. The first-order valence-electron chi connectivity index (χ1n) is 12.2. The minimum Gasteiger partial charge on any atom is -0.481 e. The van der Waals surface area contributed by atoms with Gasteiger partial charge in [-0.1, -0.05) is 34.6 Å². The molecule has 0 amide bonds. The average molecular weight is 629 g/mol. The summed E-state index contributed by atoms with van der Waals surface area (Å²) in [6, 6.07) is 0. The van der Waals surface area contributed by atoms with E-state index in [1.54, 1.807) is 20.8 Å². The maximum absolute atomic E-state index is 9.76. The van der Waals surface area contributed by atoms with E-state index < -0.39 is 28.7 Å². The molecule has 0 aromatic rings. The maximum Gasteiger partial charge on any atom is 0.304 e. The van der Waals surface area contributed by atoms with Gasteiger partial charge in [-0.2, -0.15) is 37.9 Å². The molecule has 3 atom stereocenters. The molecule has 238 valence electrons. The van der Waals surface area contributed by atoms with E-state index in [-0.39, 0.29) is 74.7 Å². The van der Waals surface area contributed by atoms with Gasteiger partial charge in [0.05, 0.1) is 58.9 Å². The van der Waals surface area contributed by atoms with Crippen LogP contribution in [0.25, 0.3) is 0 Å². The zero-order chi connectivity index (χ0) is 32.2. The van der Waals surface area contributed by atoms with Crippen molar-refractivity contribution in [3.63, 3.8) is 0 Å². The number of aliphatic hydroxyl groups is 6. The molecule has 0 bridgehead atoms. The van der Waals surface area contributed by atoms with E-state index in [4.69, 9.17) is 46.0 Å². The molecule has 0 saturated heterocycles. The summed E-state index contributed by atoms with van der Waals surface area (Å²) >= 11 is 11.6. The van der Waals surface area contributed by atoms with Gasteiger partial charge in [0.2, 0.25) is 0 Å². The smallest absolute Gasteiger partial charge is 0.304 e. The molecule has 0 aliphatic heterocycles. The topological polar surface area (TPSA) is 233 Å². The molecule has 9 N–H and O–H groups in total. The normalized spacial score (nSPS) is 12.8. The quantitative estimate of drug-likeness (QED) is 0.121. The summed E-state index contributed by atoms with van der Waals surface area (Å²) in [4.78, 5) is 29.3. The predicted molar refractivity (Wildman–Crippen MR) is 160 cm³/mol. The summed E-state index contributed by atoms with van der Waals surface area (Å²) in [7, 11) is 0. The third-order valence-electron chi connectivity index (χ3n) is 4.92. The second kappa shape index (κ2) is 30.2. The van der Waals surface area contributed by atoms with Crippen molar-refractivity contribution in [2.75, 3.05) is 39.6 Å². The maximum atomic E-state index is 9.76. The summed E-state index contributed by atoms with van der Waals surface area (Å²) < 4.78 is 0. The number of rotatable bonds is 14. The van der Waals surface area contributed by atoms with Crippen LogP contribution >= 0.6 is 37.9 Å². The number of carbonyl (C=O) groups is 3. The van der Waals surface area contributed by atoms with Gasteiger partial charge in [-0.3, -0.25) is 14.4 Å². The zero-order valence-electron chi connectivity index (χ0n) is 23.6. The van der Waals surface area contributed by atoms with Gasteiger partial charge in [-0.05, 0) is 12.8 Å². The predicted octanol–water partition coefficient (Wildman–Crippen LogP) is 1.06. The van der Waals surface area contributed by atoms with E-state index >= 15 is 0 Å². The van der Waals surface area contributed by atoms with Crippen LogP contribution in [0, 0.1) is 10.8 Å². The number of carboxylic acids is 3. The number of hydrogen-bond donors (Lipinski definition) is 12. The van der Waals surface area contributed by atoms with Crippen LogP contribution in [0.3, 0.4) is 0 Å². The largest absolute Gasteiger partial charge is 0.481 e. The Balaban J connectivity index is -0.000000124. The highest BCUT2D eigenvalue weighted by Gasteiger charge is 2.25. The van der Waals surface area contributed by atoms with Gasteiger partial charge in [0.25, 0.3) is 0 Å². The summed E-state index contributed by atoms with van der Waals surface area (Å²) in [5.74, 6) is -2.37. The molecule has 39 heavy (non-hydrogen) atoms. The minimum absolute atomic E-state index is 0.0301. The van der Waals surface area contributed by atoms with E-state index in [0.717, 1.165) is 0 Å². The highest BCUT2D eigenvalue weighted by molar-refractivity contribution is 7.81. The summed E-state index contributed by atoms with van der Waals surface area (Å²) in [6.45, 7) is 7.95. The third-order valence-corrected chi connectivity index (χ3v) is 5.47. The lowest BCUT2D eigenvalue weighted by Gasteiger charge is -2.24. The second-order valence-electron chi connectivity index (χ2n) is 9.00. The molecule has 3 unspecified atom stereocenters. The van der Waals surface area contributed by atoms with Gasteiger partial charge in [-0.15, -0.1) is 0 Å². The lowest BCUT2D eigenvalue weighted by molar-refractivity contribution is -0.137. The Hall–Kier alpha value is -0.780. The van der Waals surface area contributed by atoms with E-state index in [1.807, 2.05) is 13.8 Å². The van der Waals surface area contributed by atoms with Crippen molar-refractivity contribution in [1.29, 1.82) is 0 Å². The monoisotopic (exact) mass is 628 g/mol. The van der Waals surface area contributed by atoms with Gasteiger partial charge in [-0.25, -0.2) is 0 Å². The van der Waals surface area contributed by atoms with Crippen molar-refractivity contribution >= 4 is 55.8 Å². The Morgan fingerprint density at radius 2 is 0.667 bits per heavy atom. The van der Waals surface area contributed by atoms with Gasteiger partial charge < -0.3 is 46.0 Å². The molecule has 0 aromatic heterocycles. The highest BCUT2D eigenvalue weighted by Crippen LogP contribution is 2.19. The molecule has 15 heteroatoms. The lowest BCUT2D eigenvalue weighted by Crippen LogP contribution is -2.32. The SMILES string of the molecule is CC(S)CC(=O)O.CC(S)CC(=O)O.CC(S)CC(=O)O.CCC(CO)(CO)CO.CCC(CO)(CO)CO. The molecule has 0 saturated carbocycles. The zero-order valence-corrected chi connectivity index (χ0v) is 26.3. The third kappa shape index (κ3) is 37.2. The Bertz CT molecular complexity index is 480. The van der Waals surface area contributed by atoms with Crippen molar-refractivity contribution in [3.8, 4) is 0 Å². The van der Waals surface area contributed by atoms with Crippen LogP contribution in [0.5, 0.6) is 0 Å². The molecule has 12 nitrogen and oxygen atoms in total. The Morgan fingerprint density at radius 1 is 0.513 bits per heavy atom. The van der Waals surface area contributed by atoms with E-state index in [9.17, 15) is 14.4 Å². The van der Waals surface area contributed by atoms with Crippen LogP contribution in [0.15, 0.2) is 0 Å². The number of aliphatic carboxylic acids is 3. The standard InChI is InChI=1S/2C6H14O3.3C4H8O2S/c2*1-2-6(3-7,4-8)5-9;3*1-3(7)2-4(5)6/h2*7-9H,2-5H2,1H3;3*3,7H,2H2,1H3,(H,5,6). The van der Waals surface area contributed by atoms with Crippen molar-refractivity contribution in [1.82, 2.24) is 0 Å². The van der Waals surface area contributed by atoms with Crippen molar-refractivity contribution in [2.45, 2.75) is 82.5 Å². The average Bonchev–Trinajstić information content (AvgIpc) is 2.82. The van der Waals surface area contributed by atoms with Crippen LogP contribution < -0.4 is 0 Å². The van der Waals surface area contributed by atoms with Gasteiger partial charge in [0, 0.05) is 26.6 Å². The molecule has 0 heterocycles. The summed E-state index contributed by atoms with van der Waals surface area (Å²) in [6.07, 6.45) is 1.61. The van der Waals surface area contributed by atoms with Crippen LogP contribution in [0.2, 0.25) is 0 Å². The van der Waals surface area contributed by atoms with Crippen LogP contribution in [0.1, 0.15) is 66.7 Å². The first-order chi connectivity index (χ1) is 17.9. The fourth-order valence-corrected chi connectivity index (χ4v) is 2.20. The lowest BCUT2D eigenvalue weighted by atomic mass is 9.88. The van der Waals surface area contributed by atoms with Crippen LogP contribution in [-0.2, 0) is 14.4 Å². The Labute approximate surface area is 248 Å². The summed E-state index contributed by atoms with van der Waals surface area (Å²) in [5, 5.41) is 76.0. The van der Waals surface area contributed by atoms with E-state index in [0.29, 0.717) is 12.8 Å². The Kier molecular flexibility index (Phi) is 37.1. The highest BCUT2D eigenvalue weighted by atomic mass is 32.1. The fraction of sp³-hybridized carbons (Fsp3) is 0.875. The molecule has 0 spiro atoms. The van der Waals surface area contributed by atoms with E-state index in [2.05, 4.69) is 37.9 Å². The number of aliphatic hydroxyl groups excluding tert-OH is 6. The number of thiol groups is 3. The molecule has 0 aromatic carbocycles. The number of hydrogen-bond acceptors (Lipinski definition) is 12. The number of carboxylic acid groups (broad SMARTS) is 3. The Morgan fingerprint density at radius 3 is 0.667 bits per heavy atom. The fourth-order valence-electron chi connectivity index (χ4n) is 1.73. The summed E-state index contributed by atoms with van der Waals surface area (Å²) in [5.41, 5.74) is -1.33.